The van der Waals surface area contributed by atoms with Gasteiger partial charge < -0.3 is 11.1 Å². The Kier molecular flexibility index (Phi) is 3.17. The van der Waals surface area contributed by atoms with Crippen LogP contribution in [0.3, 0.4) is 0 Å². The van der Waals surface area contributed by atoms with Crippen molar-refractivity contribution >= 4 is 28.0 Å². The molecule has 106 valence electrons. The Hall–Kier alpha value is -2.69. The molecule has 0 bridgehead atoms. The first-order chi connectivity index (χ1) is 10.1. The third kappa shape index (κ3) is 2.38. The minimum absolute atomic E-state index is 0.0780. The summed E-state index contributed by atoms with van der Waals surface area (Å²) in [5.41, 5.74) is 7.88. The van der Waals surface area contributed by atoms with Gasteiger partial charge in [-0.25, -0.2) is 8.78 Å². The predicted octanol–water partition coefficient (Wildman–Crippen LogP) is 4.15. The van der Waals surface area contributed by atoms with Gasteiger partial charge in [0, 0.05) is 11.1 Å². The molecule has 0 saturated heterocycles. The van der Waals surface area contributed by atoms with E-state index in [-0.39, 0.29) is 11.4 Å². The Balaban J connectivity index is 2.15. The van der Waals surface area contributed by atoms with Crippen LogP contribution in [-0.4, -0.2) is 4.98 Å². The number of aryl methyl sites for hydroxylation is 1. The average molecular weight is 285 g/mol. The number of hydrogen-bond donors (Lipinski definition) is 2. The Labute approximate surface area is 120 Å². The number of nitrogens with one attached hydrogen (secondary N) is 1. The van der Waals surface area contributed by atoms with E-state index in [1.165, 1.54) is 6.07 Å². The number of pyridine rings is 1. The molecular weight excluding hydrogens is 272 g/mol. The van der Waals surface area contributed by atoms with Crippen LogP contribution in [0.25, 0.3) is 10.9 Å². The van der Waals surface area contributed by atoms with E-state index in [2.05, 4.69) is 10.3 Å². The lowest BCUT2D eigenvalue weighted by molar-refractivity contribution is 0.512. The van der Waals surface area contributed by atoms with Gasteiger partial charge in [-0.3, -0.25) is 4.98 Å². The van der Waals surface area contributed by atoms with Crippen LogP contribution < -0.4 is 11.1 Å². The highest BCUT2D eigenvalue weighted by Crippen LogP contribution is 2.31. The Morgan fingerprint density at radius 1 is 1.05 bits per heavy atom. The highest BCUT2D eigenvalue weighted by atomic mass is 19.2. The van der Waals surface area contributed by atoms with E-state index in [4.69, 9.17) is 5.73 Å². The first kappa shape index (κ1) is 13.3. The minimum Gasteiger partial charge on any atom is -0.397 e. The summed E-state index contributed by atoms with van der Waals surface area (Å²) in [4.78, 5) is 4.43. The topological polar surface area (TPSA) is 50.9 Å². The van der Waals surface area contributed by atoms with E-state index in [1.807, 2.05) is 31.2 Å². The highest BCUT2D eigenvalue weighted by molar-refractivity contribution is 5.93. The van der Waals surface area contributed by atoms with E-state index in [9.17, 15) is 8.78 Å². The zero-order chi connectivity index (χ0) is 15.0. The summed E-state index contributed by atoms with van der Waals surface area (Å²) in [6.07, 6.45) is 0. The van der Waals surface area contributed by atoms with Crippen LogP contribution >= 0.6 is 0 Å². The van der Waals surface area contributed by atoms with Gasteiger partial charge in [-0.05, 0) is 31.2 Å². The summed E-state index contributed by atoms with van der Waals surface area (Å²) in [6, 6.07) is 11.6. The number of nitrogens with two attached hydrogens (primary N) is 1. The molecule has 0 aliphatic carbocycles. The number of benzene rings is 2. The molecule has 3 aromatic rings. The van der Waals surface area contributed by atoms with Crippen molar-refractivity contribution in [2.24, 2.45) is 0 Å². The lowest BCUT2D eigenvalue weighted by Crippen LogP contribution is -2.02. The summed E-state index contributed by atoms with van der Waals surface area (Å²) in [5.74, 6) is -1.95. The monoisotopic (exact) mass is 285 g/mol. The van der Waals surface area contributed by atoms with Crippen molar-refractivity contribution in [1.29, 1.82) is 0 Å². The van der Waals surface area contributed by atoms with Gasteiger partial charge in [0.15, 0.2) is 11.6 Å². The first-order valence-electron chi connectivity index (χ1n) is 6.43. The number of nitrogens with zero attached hydrogens (tertiary/aromatic N) is 1. The fraction of sp³-hybridized carbons (Fsp3) is 0.0625. The van der Waals surface area contributed by atoms with E-state index in [0.29, 0.717) is 11.2 Å². The van der Waals surface area contributed by atoms with Crippen LogP contribution in [0.15, 0.2) is 42.5 Å². The van der Waals surface area contributed by atoms with Crippen LogP contribution in [0.2, 0.25) is 0 Å². The molecule has 0 amide bonds. The molecule has 0 aliphatic heterocycles. The maximum atomic E-state index is 13.9. The quantitative estimate of drug-likeness (QED) is 0.695. The van der Waals surface area contributed by atoms with Crippen molar-refractivity contribution in [2.75, 3.05) is 11.1 Å². The Morgan fingerprint density at radius 3 is 2.67 bits per heavy atom. The molecule has 3 nitrogen and oxygen atoms in total. The van der Waals surface area contributed by atoms with Crippen molar-refractivity contribution in [2.45, 2.75) is 6.92 Å². The largest absolute Gasteiger partial charge is 0.397 e. The van der Waals surface area contributed by atoms with Gasteiger partial charge >= 0.3 is 0 Å². The number of rotatable bonds is 2. The molecule has 1 aromatic heterocycles. The Bertz CT molecular complexity index is 831. The normalized spacial score (nSPS) is 10.8. The van der Waals surface area contributed by atoms with E-state index in [1.54, 1.807) is 6.07 Å². The second-order valence-corrected chi connectivity index (χ2v) is 4.78. The summed E-state index contributed by atoms with van der Waals surface area (Å²) in [5, 5.41) is 3.75. The van der Waals surface area contributed by atoms with Crippen molar-refractivity contribution < 1.29 is 8.78 Å². The van der Waals surface area contributed by atoms with Crippen LogP contribution in [0, 0.1) is 18.6 Å². The number of nitrogen functional groups attached to an aromatic ring is 1. The number of aromatic nitrogens is 1. The lowest BCUT2D eigenvalue weighted by atomic mass is 10.1. The number of fused-ring (bicyclic) bond motifs is 1. The molecule has 0 aliphatic rings. The second-order valence-electron chi connectivity index (χ2n) is 4.78. The summed E-state index contributed by atoms with van der Waals surface area (Å²) >= 11 is 0. The smallest absolute Gasteiger partial charge is 0.184 e. The summed E-state index contributed by atoms with van der Waals surface area (Å²) in [6.45, 7) is 1.87. The maximum absolute atomic E-state index is 13.9. The molecule has 0 radical (unpaired) electrons. The van der Waals surface area contributed by atoms with Crippen molar-refractivity contribution in [3.8, 4) is 0 Å². The fourth-order valence-corrected chi connectivity index (χ4v) is 2.17. The van der Waals surface area contributed by atoms with Crippen LogP contribution in [-0.2, 0) is 0 Å². The minimum atomic E-state index is -1.00. The standard InChI is InChI=1S/C16H13F2N3/c1-9-5-6-10-3-2-4-13(15(10)20-9)21-16-12(19)8-7-11(17)14(16)18/h2-8,21H,19H2,1H3. The molecule has 5 heteroatoms. The van der Waals surface area contributed by atoms with E-state index < -0.39 is 11.6 Å². The molecule has 1 heterocycles. The van der Waals surface area contributed by atoms with Crippen LogP contribution in [0.5, 0.6) is 0 Å². The van der Waals surface area contributed by atoms with Gasteiger partial charge in [0.2, 0.25) is 0 Å². The number of para-hydroxylation sites is 1. The van der Waals surface area contributed by atoms with Gasteiger partial charge in [-0.1, -0.05) is 18.2 Å². The molecule has 0 saturated carbocycles. The van der Waals surface area contributed by atoms with Crippen molar-refractivity contribution in [3.05, 3.63) is 59.8 Å². The molecule has 0 unspecified atom stereocenters. The molecular formula is C16H13F2N3. The van der Waals surface area contributed by atoms with Crippen LogP contribution in [0.4, 0.5) is 25.8 Å². The van der Waals surface area contributed by atoms with Crippen LogP contribution in [0.1, 0.15) is 5.69 Å². The molecule has 0 atom stereocenters. The third-order valence-electron chi connectivity index (χ3n) is 3.25. The number of hydrogen-bond acceptors (Lipinski definition) is 3. The predicted molar refractivity (Wildman–Crippen MR) is 80.5 cm³/mol. The first-order valence-corrected chi connectivity index (χ1v) is 6.43. The summed E-state index contributed by atoms with van der Waals surface area (Å²) < 4.78 is 27.2. The maximum Gasteiger partial charge on any atom is 0.184 e. The van der Waals surface area contributed by atoms with Gasteiger partial charge in [0.05, 0.1) is 16.9 Å². The highest BCUT2D eigenvalue weighted by Gasteiger charge is 2.13. The SMILES string of the molecule is Cc1ccc2cccc(Nc3c(N)ccc(F)c3F)c2n1. The van der Waals surface area contributed by atoms with Gasteiger partial charge in [-0.15, -0.1) is 0 Å². The zero-order valence-electron chi connectivity index (χ0n) is 11.3. The van der Waals surface area contributed by atoms with Crippen molar-refractivity contribution in [3.63, 3.8) is 0 Å². The van der Waals surface area contributed by atoms with Gasteiger partial charge in [-0.2, -0.15) is 0 Å². The molecule has 2 aromatic carbocycles. The molecule has 0 spiro atoms. The second kappa shape index (κ2) is 5.01. The molecule has 0 fully saturated rings. The van der Waals surface area contributed by atoms with E-state index >= 15 is 0 Å². The molecule has 3 rings (SSSR count). The number of halogens is 2. The fourth-order valence-electron chi connectivity index (χ4n) is 2.17. The number of anilines is 3. The molecule has 21 heavy (non-hydrogen) atoms. The average Bonchev–Trinajstić information content (AvgIpc) is 2.48. The van der Waals surface area contributed by atoms with E-state index in [0.717, 1.165) is 17.1 Å². The van der Waals surface area contributed by atoms with Gasteiger partial charge in [0.25, 0.3) is 0 Å². The Morgan fingerprint density at radius 2 is 1.86 bits per heavy atom. The van der Waals surface area contributed by atoms with Crippen molar-refractivity contribution in [1.82, 2.24) is 4.98 Å². The lowest BCUT2D eigenvalue weighted by Gasteiger charge is -2.13. The molecule has 3 N–H and O–H groups in total. The zero-order valence-corrected chi connectivity index (χ0v) is 11.3. The third-order valence-corrected chi connectivity index (χ3v) is 3.25. The summed E-state index contributed by atoms with van der Waals surface area (Å²) in [7, 11) is 0. The van der Waals surface area contributed by atoms with Gasteiger partial charge in [0.1, 0.15) is 5.69 Å².